The second-order valence-electron chi connectivity index (χ2n) is 4.93. The quantitative estimate of drug-likeness (QED) is 0.904. The molecule has 5 heteroatoms. The Hall–Kier alpha value is -1.59. The second-order valence-corrected chi connectivity index (χ2v) is 4.93. The molecule has 0 atom stereocenters. The van der Waals surface area contributed by atoms with Gasteiger partial charge in [0.25, 0.3) is 0 Å². The second kappa shape index (κ2) is 7.26. The predicted octanol–water partition coefficient (Wildman–Crippen LogP) is 1.42. The summed E-state index contributed by atoms with van der Waals surface area (Å²) in [4.78, 5) is 15.8. The Morgan fingerprint density at radius 3 is 2.45 bits per heavy atom. The number of carbonyl (C=O) groups excluding carboxylic acids is 1. The zero-order valence-electron chi connectivity index (χ0n) is 12.0. The molecular formula is C15H23N3O2. The van der Waals surface area contributed by atoms with Crippen molar-refractivity contribution in [3.63, 3.8) is 0 Å². The third kappa shape index (κ3) is 3.71. The van der Waals surface area contributed by atoms with Crippen molar-refractivity contribution in [1.82, 2.24) is 9.80 Å². The van der Waals surface area contributed by atoms with Crippen molar-refractivity contribution in [2.24, 2.45) is 5.73 Å². The molecule has 0 unspecified atom stereocenters. The van der Waals surface area contributed by atoms with Gasteiger partial charge in [0.1, 0.15) is 0 Å². The maximum Gasteiger partial charge on any atom is 0.409 e. The lowest BCUT2D eigenvalue weighted by Crippen LogP contribution is -2.48. The molecule has 1 aliphatic rings. The summed E-state index contributed by atoms with van der Waals surface area (Å²) in [5.41, 5.74) is 8.24. The molecule has 20 heavy (non-hydrogen) atoms. The Morgan fingerprint density at radius 2 is 1.85 bits per heavy atom. The van der Waals surface area contributed by atoms with Gasteiger partial charge >= 0.3 is 6.09 Å². The first-order valence-electron chi connectivity index (χ1n) is 7.15. The van der Waals surface area contributed by atoms with Crippen LogP contribution in [0.4, 0.5) is 4.79 Å². The lowest BCUT2D eigenvalue weighted by atomic mass is 10.1. The highest BCUT2D eigenvalue weighted by Crippen LogP contribution is 2.13. The van der Waals surface area contributed by atoms with Gasteiger partial charge in [-0.15, -0.1) is 0 Å². The fourth-order valence-corrected chi connectivity index (χ4v) is 2.46. The van der Waals surface area contributed by atoms with Crippen LogP contribution < -0.4 is 5.73 Å². The molecule has 1 saturated heterocycles. The molecule has 5 nitrogen and oxygen atoms in total. The van der Waals surface area contributed by atoms with Crippen LogP contribution in [0.3, 0.4) is 0 Å². The highest BCUT2D eigenvalue weighted by molar-refractivity contribution is 5.67. The molecule has 1 aromatic carbocycles. The first-order valence-corrected chi connectivity index (χ1v) is 7.15. The molecule has 0 aromatic heterocycles. The summed E-state index contributed by atoms with van der Waals surface area (Å²) in [6.07, 6.45) is -0.200. The largest absolute Gasteiger partial charge is 0.450 e. The number of benzene rings is 1. The molecule has 0 saturated carbocycles. The topological polar surface area (TPSA) is 58.8 Å². The molecule has 2 rings (SSSR count). The smallest absolute Gasteiger partial charge is 0.409 e. The normalized spacial score (nSPS) is 16.2. The number of rotatable bonds is 4. The average molecular weight is 277 g/mol. The molecular weight excluding hydrogens is 254 g/mol. The number of nitrogens with two attached hydrogens (primary N) is 1. The minimum absolute atomic E-state index is 0.200. The summed E-state index contributed by atoms with van der Waals surface area (Å²) in [5.74, 6) is 0. The highest BCUT2D eigenvalue weighted by Gasteiger charge is 2.22. The average Bonchev–Trinajstić information content (AvgIpc) is 2.49. The van der Waals surface area contributed by atoms with Gasteiger partial charge in [0.2, 0.25) is 0 Å². The van der Waals surface area contributed by atoms with E-state index >= 15 is 0 Å². The number of ether oxygens (including phenoxy) is 1. The first kappa shape index (κ1) is 14.8. The highest BCUT2D eigenvalue weighted by atomic mass is 16.6. The minimum atomic E-state index is -0.200. The number of nitrogens with zero attached hydrogens (tertiary/aromatic N) is 2. The standard InChI is InChI=1S/C15H23N3O2/c1-2-20-15(19)18-9-7-17(8-10-18)12-14-6-4-3-5-13(14)11-16/h3-6H,2,7-12,16H2,1H3. The Labute approximate surface area is 120 Å². The van der Waals surface area contributed by atoms with E-state index in [0.717, 1.165) is 32.7 Å². The fraction of sp³-hybridized carbons (Fsp3) is 0.533. The Balaban J connectivity index is 1.87. The van der Waals surface area contributed by atoms with E-state index in [9.17, 15) is 4.79 Å². The van der Waals surface area contributed by atoms with Crippen molar-refractivity contribution in [2.45, 2.75) is 20.0 Å². The molecule has 1 aromatic rings. The summed E-state index contributed by atoms with van der Waals surface area (Å²) in [6, 6.07) is 8.26. The van der Waals surface area contributed by atoms with E-state index in [1.807, 2.05) is 19.1 Å². The van der Waals surface area contributed by atoms with Crippen LogP contribution in [0.25, 0.3) is 0 Å². The molecule has 0 spiro atoms. The summed E-state index contributed by atoms with van der Waals surface area (Å²) in [6.45, 7) is 6.92. The number of hydrogen-bond acceptors (Lipinski definition) is 4. The van der Waals surface area contributed by atoms with Gasteiger partial charge in [-0.1, -0.05) is 24.3 Å². The van der Waals surface area contributed by atoms with Crippen LogP contribution >= 0.6 is 0 Å². The van der Waals surface area contributed by atoms with Gasteiger partial charge in [-0.25, -0.2) is 4.79 Å². The van der Waals surface area contributed by atoms with Crippen LogP contribution in [-0.4, -0.2) is 48.7 Å². The van der Waals surface area contributed by atoms with Gasteiger partial charge in [0.05, 0.1) is 6.61 Å². The van der Waals surface area contributed by atoms with Crippen molar-refractivity contribution in [3.05, 3.63) is 35.4 Å². The number of piperazine rings is 1. The monoisotopic (exact) mass is 277 g/mol. The van der Waals surface area contributed by atoms with E-state index in [1.54, 1.807) is 4.90 Å². The van der Waals surface area contributed by atoms with Gasteiger partial charge in [-0.2, -0.15) is 0 Å². The van der Waals surface area contributed by atoms with Crippen LogP contribution in [0.5, 0.6) is 0 Å². The molecule has 2 N–H and O–H groups in total. The van der Waals surface area contributed by atoms with Crippen LogP contribution in [0.15, 0.2) is 24.3 Å². The van der Waals surface area contributed by atoms with E-state index in [2.05, 4.69) is 17.0 Å². The number of hydrogen-bond donors (Lipinski definition) is 1. The fourth-order valence-electron chi connectivity index (χ4n) is 2.46. The lowest BCUT2D eigenvalue weighted by molar-refractivity contribution is 0.0778. The summed E-state index contributed by atoms with van der Waals surface area (Å²) < 4.78 is 5.02. The zero-order chi connectivity index (χ0) is 14.4. The van der Waals surface area contributed by atoms with Crippen molar-refractivity contribution < 1.29 is 9.53 Å². The first-order chi connectivity index (χ1) is 9.74. The molecule has 1 amide bonds. The van der Waals surface area contributed by atoms with Crippen molar-refractivity contribution in [1.29, 1.82) is 0 Å². The van der Waals surface area contributed by atoms with Gasteiger partial charge in [0, 0.05) is 39.3 Å². The van der Waals surface area contributed by atoms with Crippen LogP contribution in [0.1, 0.15) is 18.1 Å². The van der Waals surface area contributed by atoms with Crippen molar-refractivity contribution >= 4 is 6.09 Å². The maximum absolute atomic E-state index is 11.6. The van der Waals surface area contributed by atoms with E-state index in [1.165, 1.54) is 11.1 Å². The number of amides is 1. The van der Waals surface area contributed by atoms with Crippen molar-refractivity contribution in [2.75, 3.05) is 32.8 Å². The lowest BCUT2D eigenvalue weighted by Gasteiger charge is -2.34. The third-order valence-electron chi connectivity index (χ3n) is 3.63. The van der Waals surface area contributed by atoms with Crippen molar-refractivity contribution in [3.8, 4) is 0 Å². The number of carbonyl (C=O) groups is 1. The Kier molecular flexibility index (Phi) is 5.38. The Bertz CT molecular complexity index is 442. The van der Waals surface area contributed by atoms with Gasteiger partial charge in [0.15, 0.2) is 0 Å². The SMILES string of the molecule is CCOC(=O)N1CCN(Cc2ccccc2CN)CC1. The van der Waals surface area contributed by atoms with Gasteiger partial charge < -0.3 is 15.4 Å². The van der Waals surface area contributed by atoms with E-state index < -0.39 is 0 Å². The summed E-state index contributed by atoms with van der Waals surface area (Å²) >= 11 is 0. The van der Waals surface area contributed by atoms with E-state index in [0.29, 0.717) is 13.2 Å². The molecule has 0 aliphatic carbocycles. The maximum atomic E-state index is 11.6. The zero-order valence-corrected chi connectivity index (χ0v) is 12.0. The minimum Gasteiger partial charge on any atom is -0.450 e. The van der Waals surface area contributed by atoms with E-state index in [4.69, 9.17) is 10.5 Å². The van der Waals surface area contributed by atoms with E-state index in [-0.39, 0.29) is 6.09 Å². The summed E-state index contributed by atoms with van der Waals surface area (Å²) in [7, 11) is 0. The molecule has 1 fully saturated rings. The summed E-state index contributed by atoms with van der Waals surface area (Å²) in [5, 5.41) is 0. The van der Waals surface area contributed by atoms with Gasteiger partial charge in [-0.05, 0) is 18.1 Å². The molecule has 110 valence electrons. The molecule has 1 heterocycles. The predicted molar refractivity (Wildman–Crippen MR) is 78.2 cm³/mol. The van der Waals surface area contributed by atoms with Crippen LogP contribution in [-0.2, 0) is 17.8 Å². The Morgan fingerprint density at radius 1 is 1.20 bits per heavy atom. The van der Waals surface area contributed by atoms with Crippen LogP contribution in [0.2, 0.25) is 0 Å². The van der Waals surface area contributed by atoms with Crippen LogP contribution in [0, 0.1) is 0 Å². The van der Waals surface area contributed by atoms with Gasteiger partial charge in [-0.3, -0.25) is 4.90 Å². The molecule has 0 radical (unpaired) electrons. The molecule has 1 aliphatic heterocycles. The third-order valence-corrected chi connectivity index (χ3v) is 3.63. The molecule has 0 bridgehead atoms.